The van der Waals surface area contributed by atoms with E-state index in [2.05, 4.69) is 19.2 Å². The van der Waals surface area contributed by atoms with Gasteiger partial charge in [0.25, 0.3) is 0 Å². The summed E-state index contributed by atoms with van der Waals surface area (Å²) in [6.07, 6.45) is 1.72. The summed E-state index contributed by atoms with van der Waals surface area (Å²) in [5, 5.41) is 13.1. The maximum Gasteiger partial charge on any atom is 0.119 e. The monoisotopic (exact) mass is 295 g/mol. The van der Waals surface area contributed by atoms with Crippen molar-refractivity contribution in [3.8, 4) is 5.75 Å². The standard InChI is InChI=1S/C17H29NO3/c1-13(2)6-5-9-21-12-15(19)11-18-17-8-7-16(20-4)10-14(17)3/h7-8,10,13,15,18-19H,5-6,9,11-12H2,1-4H3. The quantitative estimate of drug-likeness (QED) is 0.651. The SMILES string of the molecule is COc1ccc(NCC(O)COCCCC(C)C)c(C)c1. The summed E-state index contributed by atoms with van der Waals surface area (Å²) in [7, 11) is 1.66. The smallest absolute Gasteiger partial charge is 0.119 e. The third kappa shape index (κ3) is 7.34. The van der Waals surface area contributed by atoms with Gasteiger partial charge in [-0.15, -0.1) is 0 Å². The zero-order valence-corrected chi connectivity index (χ0v) is 13.7. The third-order valence-corrected chi connectivity index (χ3v) is 3.34. The van der Waals surface area contributed by atoms with Gasteiger partial charge in [-0.25, -0.2) is 0 Å². The molecule has 0 saturated carbocycles. The molecule has 1 aromatic rings. The van der Waals surface area contributed by atoms with E-state index in [1.807, 2.05) is 25.1 Å². The minimum absolute atomic E-state index is 0.375. The Kier molecular flexibility index (Phi) is 8.16. The lowest BCUT2D eigenvalue weighted by Crippen LogP contribution is -2.25. The van der Waals surface area contributed by atoms with Crippen LogP contribution in [0.4, 0.5) is 5.69 Å². The Bertz CT molecular complexity index is 407. The van der Waals surface area contributed by atoms with Gasteiger partial charge in [0.2, 0.25) is 0 Å². The van der Waals surface area contributed by atoms with E-state index < -0.39 is 6.10 Å². The van der Waals surface area contributed by atoms with Crippen LogP contribution in [-0.2, 0) is 4.74 Å². The van der Waals surface area contributed by atoms with Crippen LogP contribution in [0, 0.1) is 12.8 Å². The van der Waals surface area contributed by atoms with E-state index in [0.717, 1.165) is 30.0 Å². The molecule has 0 bridgehead atoms. The van der Waals surface area contributed by atoms with Crippen molar-refractivity contribution in [2.24, 2.45) is 5.92 Å². The van der Waals surface area contributed by atoms with Gasteiger partial charge in [0.15, 0.2) is 0 Å². The van der Waals surface area contributed by atoms with Crippen LogP contribution in [0.2, 0.25) is 0 Å². The fourth-order valence-corrected chi connectivity index (χ4v) is 2.06. The van der Waals surface area contributed by atoms with Crippen molar-refractivity contribution in [3.63, 3.8) is 0 Å². The number of hydrogen-bond acceptors (Lipinski definition) is 4. The molecule has 120 valence electrons. The van der Waals surface area contributed by atoms with Gasteiger partial charge >= 0.3 is 0 Å². The van der Waals surface area contributed by atoms with Crippen LogP contribution >= 0.6 is 0 Å². The van der Waals surface area contributed by atoms with Crippen LogP contribution in [0.3, 0.4) is 0 Å². The molecular formula is C17H29NO3. The Morgan fingerprint density at radius 3 is 2.67 bits per heavy atom. The summed E-state index contributed by atoms with van der Waals surface area (Å²) in [5.74, 6) is 1.55. The van der Waals surface area contributed by atoms with Crippen molar-refractivity contribution < 1.29 is 14.6 Å². The number of methoxy groups -OCH3 is 1. The number of ether oxygens (including phenoxy) is 2. The molecule has 0 aliphatic carbocycles. The molecule has 1 atom stereocenters. The number of benzene rings is 1. The number of nitrogens with one attached hydrogen (secondary N) is 1. The average Bonchev–Trinajstić information content (AvgIpc) is 2.45. The van der Waals surface area contributed by atoms with Gasteiger partial charge in [0, 0.05) is 18.8 Å². The predicted octanol–water partition coefficient (Wildman–Crippen LogP) is 3.23. The molecule has 0 radical (unpaired) electrons. The first kappa shape index (κ1) is 17.8. The van der Waals surface area contributed by atoms with Gasteiger partial charge in [-0.2, -0.15) is 0 Å². The Hall–Kier alpha value is -1.26. The minimum Gasteiger partial charge on any atom is -0.497 e. The van der Waals surface area contributed by atoms with E-state index in [-0.39, 0.29) is 0 Å². The molecule has 2 N–H and O–H groups in total. The van der Waals surface area contributed by atoms with Crippen molar-refractivity contribution in [1.29, 1.82) is 0 Å². The number of aliphatic hydroxyl groups excluding tert-OH is 1. The van der Waals surface area contributed by atoms with Gasteiger partial charge in [-0.05, 0) is 49.4 Å². The molecule has 0 amide bonds. The number of hydrogen-bond donors (Lipinski definition) is 2. The van der Waals surface area contributed by atoms with Crippen LogP contribution in [0.5, 0.6) is 5.75 Å². The van der Waals surface area contributed by atoms with E-state index in [4.69, 9.17) is 9.47 Å². The molecular weight excluding hydrogens is 266 g/mol. The highest BCUT2D eigenvalue weighted by Gasteiger charge is 2.06. The lowest BCUT2D eigenvalue weighted by Gasteiger charge is -2.15. The molecule has 0 spiro atoms. The van der Waals surface area contributed by atoms with E-state index in [9.17, 15) is 5.11 Å². The van der Waals surface area contributed by atoms with Crippen molar-refractivity contribution in [3.05, 3.63) is 23.8 Å². The van der Waals surface area contributed by atoms with Crippen LogP contribution in [-0.4, -0.2) is 38.1 Å². The summed E-state index contributed by atoms with van der Waals surface area (Å²) in [6, 6.07) is 5.84. The maximum absolute atomic E-state index is 9.90. The fourth-order valence-electron chi connectivity index (χ4n) is 2.06. The second-order valence-corrected chi connectivity index (χ2v) is 5.83. The van der Waals surface area contributed by atoms with E-state index in [0.29, 0.717) is 19.1 Å². The minimum atomic E-state index is -0.495. The van der Waals surface area contributed by atoms with E-state index in [1.165, 1.54) is 6.42 Å². The van der Waals surface area contributed by atoms with Crippen molar-refractivity contribution in [2.75, 3.05) is 32.2 Å². The van der Waals surface area contributed by atoms with Crippen LogP contribution < -0.4 is 10.1 Å². The molecule has 21 heavy (non-hydrogen) atoms. The molecule has 0 heterocycles. The van der Waals surface area contributed by atoms with Crippen molar-refractivity contribution in [1.82, 2.24) is 0 Å². The lowest BCUT2D eigenvalue weighted by molar-refractivity contribution is 0.0409. The van der Waals surface area contributed by atoms with Gasteiger partial charge in [0.1, 0.15) is 5.75 Å². The summed E-state index contributed by atoms with van der Waals surface area (Å²) in [4.78, 5) is 0. The highest BCUT2D eigenvalue weighted by molar-refractivity contribution is 5.53. The molecule has 4 heteroatoms. The van der Waals surface area contributed by atoms with E-state index in [1.54, 1.807) is 7.11 Å². The van der Waals surface area contributed by atoms with Gasteiger partial charge in [0.05, 0.1) is 19.8 Å². The average molecular weight is 295 g/mol. The fraction of sp³-hybridized carbons (Fsp3) is 0.647. The summed E-state index contributed by atoms with van der Waals surface area (Å²) < 4.78 is 10.7. The lowest BCUT2D eigenvalue weighted by atomic mass is 10.1. The third-order valence-electron chi connectivity index (χ3n) is 3.34. The normalized spacial score (nSPS) is 12.5. The Morgan fingerprint density at radius 2 is 2.05 bits per heavy atom. The number of rotatable bonds is 10. The van der Waals surface area contributed by atoms with Gasteiger partial charge in [-0.3, -0.25) is 0 Å². The highest BCUT2D eigenvalue weighted by atomic mass is 16.5. The zero-order valence-electron chi connectivity index (χ0n) is 13.7. The van der Waals surface area contributed by atoms with Crippen LogP contribution in [0.25, 0.3) is 0 Å². The van der Waals surface area contributed by atoms with Gasteiger partial charge < -0.3 is 19.9 Å². The molecule has 0 fully saturated rings. The Morgan fingerprint density at radius 1 is 1.29 bits per heavy atom. The molecule has 1 aromatic carbocycles. The van der Waals surface area contributed by atoms with Crippen LogP contribution in [0.1, 0.15) is 32.3 Å². The first-order valence-corrected chi connectivity index (χ1v) is 7.67. The number of anilines is 1. The topological polar surface area (TPSA) is 50.7 Å². The largest absolute Gasteiger partial charge is 0.497 e. The maximum atomic E-state index is 9.90. The predicted molar refractivity (Wildman–Crippen MR) is 87.1 cm³/mol. The molecule has 0 saturated heterocycles. The first-order valence-electron chi connectivity index (χ1n) is 7.67. The molecule has 0 aliphatic heterocycles. The molecule has 1 unspecified atom stereocenters. The molecule has 0 aromatic heterocycles. The second-order valence-electron chi connectivity index (χ2n) is 5.83. The van der Waals surface area contributed by atoms with Crippen molar-refractivity contribution in [2.45, 2.75) is 39.7 Å². The Labute approximate surface area is 128 Å². The highest BCUT2D eigenvalue weighted by Crippen LogP contribution is 2.20. The second kappa shape index (κ2) is 9.64. The molecule has 4 nitrogen and oxygen atoms in total. The van der Waals surface area contributed by atoms with Gasteiger partial charge in [-0.1, -0.05) is 13.8 Å². The summed E-state index contributed by atoms with van der Waals surface area (Å²) in [5.41, 5.74) is 2.11. The number of aryl methyl sites for hydroxylation is 1. The zero-order chi connectivity index (χ0) is 15.7. The summed E-state index contributed by atoms with van der Waals surface area (Å²) >= 11 is 0. The van der Waals surface area contributed by atoms with E-state index >= 15 is 0 Å². The van der Waals surface area contributed by atoms with Crippen molar-refractivity contribution >= 4 is 5.69 Å². The number of aliphatic hydroxyl groups is 1. The van der Waals surface area contributed by atoms with Crippen LogP contribution in [0.15, 0.2) is 18.2 Å². The summed E-state index contributed by atoms with van der Waals surface area (Å²) in [6.45, 7) is 8.00. The first-order chi connectivity index (χ1) is 10.0. The Balaban J connectivity index is 2.22. The molecule has 0 aliphatic rings. The molecule has 1 rings (SSSR count).